The van der Waals surface area contributed by atoms with Crippen LogP contribution in [0.25, 0.3) is 16.3 Å². The number of ether oxygens (including phenoxy) is 2. The Morgan fingerprint density at radius 2 is 1.93 bits per heavy atom. The minimum absolute atomic E-state index is 0.345. The largest absolute Gasteiger partial charge is 0.493 e. The first-order chi connectivity index (χ1) is 13.1. The molecule has 0 fully saturated rings. The molecular formula is C20H19ClN2O3S. The summed E-state index contributed by atoms with van der Waals surface area (Å²) in [7, 11) is 3.19. The van der Waals surface area contributed by atoms with Crippen LogP contribution in [0.4, 0.5) is 0 Å². The van der Waals surface area contributed by atoms with E-state index in [0.29, 0.717) is 27.9 Å². The maximum atomic E-state index is 12.3. The molecule has 0 atom stereocenters. The summed E-state index contributed by atoms with van der Waals surface area (Å²) in [6.07, 6.45) is 3.09. The minimum atomic E-state index is -0.345. The number of carbonyl (C=O) groups is 1. The lowest BCUT2D eigenvalue weighted by Gasteiger charge is -2.08. The first kappa shape index (κ1) is 19.2. The van der Waals surface area contributed by atoms with E-state index < -0.39 is 0 Å². The van der Waals surface area contributed by atoms with Crippen molar-refractivity contribution in [3.05, 3.63) is 57.9 Å². The molecule has 5 nitrogen and oxygen atoms in total. The normalized spacial score (nSPS) is 12.1. The molecule has 0 aliphatic rings. The maximum absolute atomic E-state index is 12.3. The van der Waals surface area contributed by atoms with E-state index in [1.807, 2.05) is 41.8 Å². The predicted molar refractivity (Wildman–Crippen MR) is 110 cm³/mol. The van der Waals surface area contributed by atoms with Crippen molar-refractivity contribution < 1.29 is 14.3 Å². The lowest BCUT2D eigenvalue weighted by Crippen LogP contribution is -2.15. The molecule has 0 aliphatic carbocycles. The highest BCUT2D eigenvalue weighted by atomic mass is 35.5. The summed E-state index contributed by atoms with van der Waals surface area (Å²) >= 11 is 7.54. The van der Waals surface area contributed by atoms with Gasteiger partial charge in [-0.2, -0.15) is 4.99 Å². The fourth-order valence-corrected chi connectivity index (χ4v) is 4.00. The third kappa shape index (κ3) is 4.07. The van der Waals surface area contributed by atoms with Gasteiger partial charge in [-0.05, 0) is 24.6 Å². The molecule has 2 aromatic carbocycles. The van der Waals surface area contributed by atoms with Crippen molar-refractivity contribution in [1.29, 1.82) is 0 Å². The van der Waals surface area contributed by atoms with Crippen molar-refractivity contribution in [3.63, 3.8) is 0 Å². The monoisotopic (exact) mass is 402 g/mol. The number of hydrogen-bond donors (Lipinski definition) is 0. The predicted octanol–water partition coefficient (Wildman–Crippen LogP) is 4.53. The average molecular weight is 403 g/mol. The first-order valence-electron chi connectivity index (χ1n) is 8.34. The quantitative estimate of drug-likeness (QED) is 0.589. The topological polar surface area (TPSA) is 52.8 Å². The summed E-state index contributed by atoms with van der Waals surface area (Å²) in [6.45, 7) is 2.68. The Morgan fingerprint density at radius 3 is 2.59 bits per heavy atom. The molecule has 0 bridgehead atoms. The number of halogens is 1. The molecule has 0 saturated heterocycles. The molecule has 3 rings (SSSR count). The van der Waals surface area contributed by atoms with Crippen LogP contribution in [0.1, 0.15) is 12.5 Å². The van der Waals surface area contributed by atoms with E-state index >= 15 is 0 Å². The van der Waals surface area contributed by atoms with Gasteiger partial charge in [0.15, 0.2) is 16.3 Å². The molecule has 0 spiro atoms. The third-order valence-electron chi connectivity index (χ3n) is 4.02. The fraction of sp³-hybridized carbons (Fsp3) is 0.200. The van der Waals surface area contributed by atoms with E-state index in [0.717, 1.165) is 15.8 Å². The second-order valence-corrected chi connectivity index (χ2v) is 7.02. The number of hydrogen-bond acceptors (Lipinski definition) is 4. The summed E-state index contributed by atoms with van der Waals surface area (Å²) in [5, 5.41) is 0.589. The lowest BCUT2D eigenvalue weighted by atomic mass is 10.2. The van der Waals surface area contributed by atoms with Gasteiger partial charge in [0.05, 0.1) is 24.4 Å². The third-order valence-corrected chi connectivity index (χ3v) is 5.41. The number of methoxy groups -OCH3 is 2. The van der Waals surface area contributed by atoms with Gasteiger partial charge in [0.1, 0.15) is 0 Å². The highest BCUT2D eigenvalue weighted by Gasteiger charge is 2.12. The van der Waals surface area contributed by atoms with Crippen LogP contribution in [0.5, 0.6) is 11.5 Å². The first-order valence-corrected chi connectivity index (χ1v) is 9.53. The van der Waals surface area contributed by atoms with Crippen LogP contribution < -0.4 is 14.3 Å². The number of benzene rings is 2. The molecule has 0 unspecified atom stereocenters. The molecule has 27 heavy (non-hydrogen) atoms. The molecule has 140 valence electrons. The number of rotatable bonds is 5. The van der Waals surface area contributed by atoms with Crippen LogP contribution in [-0.4, -0.2) is 24.7 Å². The van der Waals surface area contributed by atoms with Gasteiger partial charge in [-0.25, -0.2) is 0 Å². The smallest absolute Gasteiger partial charge is 0.272 e. The summed E-state index contributed by atoms with van der Waals surface area (Å²) in [4.78, 5) is 17.2. The van der Waals surface area contributed by atoms with Crippen molar-refractivity contribution in [2.24, 2.45) is 4.99 Å². The average Bonchev–Trinajstić information content (AvgIpc) is 3.01. The van der Waals surface area contributed by atoms with E-state index in [2.05, 4.69) is 4.99 Å². The van der Waals surface area contributed by atoms with Crippen LogP contribution in [0.2, 0.25) is 5.02 Å². The molecule has 0 saturated carbocycles. The lowest BCUT2D eigenvalue weighted by molar-refractivity contribution is -0.113. The van der Waals surface area contributed by atoms with Crippen molar-refractivity contribution in [2.45, 2.75) is 13.5 Å². The van der Waals surface area contributed by atoms with Gasteiger partial charge in [0.2, 0.25) is 0 Å². The van der Waals surface area contributed by atoms with Crippen LogP contribution in [0, 0.1) is 0 Å². The summed E-state index contributed by atoms with van der Waals surface area (Å²) < 4.78 is 13.7. The maximum Gasteiger partial charge on any atom is 0.272 e. The number of fused-ring (bicyclic) bond motifs is 1. The van der Waals surface area contributed by atoms with E-state index in [4.69, 9.17) is 21.1 Å². The number of aromatic nitrogens is 1. The van der Waals surface area contributed by atoms with Gasteiger partial charge in [0.25, 0.3) is 5.91 Å². The Kier molecular flexibility index (Phi) is 5.98. The molecule has 0 N–H and O–H groups in total. The van der Waals surface area contributed by atoms with E-state index in [1.54, 1.807) is 26.4 Å². The van der Waals surface area contributed by atoms with E-state index in [1.165, 1.54) is 17.4 Å². The number of thiazole rings is 1. The number of amides is 1. The zero-order valence-corrected chi connectivity index (χ0v) is 16.8. The molecule has 1 heterocycles. The molecule has 1 amide bonds. The van der Waals surface area contributed by atoms with Gasteiger partial charge in [-0.15, -0.1) is 0 Å². The molecule has 3 aromatic rings. The Morgan fingerprint density at radius 1 is 1.22 bits per heavy atom. The standard InChI is InChI=1S/C20H19ClN2O3S/c1-4-23-15-11-16(25-2)17(26-3)12-18(15)27-20(23)22-19(24)10-9-13-7-5-6-8-14(13)21/h5-12H,4H2,1-3H3. The van der Waals surface area contributed by atoms with Gasteiger partial charge in [0, 0.05) is 29.8 Å². The van der Waals surface area contributed by atoms with Crippen molar-refractivity contribution in [2.75, 3.05) is 14.2 Å². The van der Waals surface area contributed by atoms with E-state index in [-0.39, 0.29) is 5.91 Å². The highest BCUT2D eigenvalue weighted by Crippen LogP contribution is 2.33. The van der Waals surface area contributed by atoms with Crippen molar-refractivity contribution >= 4 is 45.1 Å². The van der Waals surface area contributed by atoms with Crippen LogP contribution in [0.3, 0.4) is 0 Å². The number of aryl methyl sites for hydroxylation is 1. The Hall–Kier alpha value is -2.57. The van der Waals surface area contributed by atoms with Crippen LogP contribution in [0.15, 0.2) is 47.5 Å². The highest BCUT2D eigenvalue weighted by molar-refractivity contribution is 7.16. The second kappa shape index (κ2) is 8.41. The van der Waals surface area contributed by atoms with Crippen molar-refractivity contribution in [3.8, 4) is 11.5 Å². The van der Waals surface area contributed by atoms with Gasteiger partial charge >= 0.3 is 0 Å². The van der Waals surface area contributed by atoms with Crippen LogP contribution in [-0.2, 0) is 11.3 Å². The Balaban J connectivity index is 2.02. The number of nitrogens with zero attached hydrogens (tertiary/aromatic N) is 2. The molecular weight excluding hydrogens is 384 g/mol. The van der Waals surface area contributed by atoms with Gasteiger partial charge < -0.3 is 14.0 Å². The second-order valence-electron chi connectivity index (χ2n) is 5.61. The molecule has 7 heteroatoms. The zero-order chi connectivity index (χ0) is 19.4. The van der Waals surface area contributed by atoms with E-state index in [9.17, 15) is 4.79 Å². The molecule has 0 radical (unpaired) electrons. The molecule has 1 aromatic heterocycles. The van der Waals surface area contributed by atoms with Crippen LogP contribution >= 0.6 is 22.9 Å². The zero-order valence-electron chi connectivity index (χ0n) is 15.2. The summed E-state index contributed by atoms with van der Waals surface area (Å²) in [6, 6.07) is 11.1. The SMILES string of the molecule is CCn1c(=NC(=O)C=Cc2ccccc2Cl)sc2cc(OC)c(OC)cc21. The van der Waals surface area contributed by atoms with Gasteiger partial charge in [-0.1, -0.05) is 41.1 Å². The summed E-state index contributed by atoms with van der Waals surface area (Å²) in [5.74, 6) is 0.940. The summed E-state index contributed by atoms with van der Waals surface area (Å²) in [5.41, 5.74) is 1.72. The fourth-order valence-electron chi connectivity index (χ4n) is 2.69. The molecule has 0 aliphatic heterocycles. The minimum Gasteiger partial charge on any atom is -0.493 e. The van der Waals surface area contributed by atoms with Crippen molar-refractivity contribution in [1.82, 2.24) is 4.57 Å². The van der Waals surface area contributed by atoms with Gasteiger partial charge in [-0.3, -0.25) is 4.79 Å². The Bertz CT molecular complexity index is 1080. The Labute approximate surface area is 166 Å². The number of carbonyl (C=O) groups excluding carboxylic acids is 1.